The van der Waals surface area contributed by atoms with Gasteiger partial charge in [-0.3, -0.25) is 9.59 Å². The molecule has 0 amide bonds. The molecule has 2 bridgehead atoms. The van der Waals surface area contributed by atoms with Crippen molar-refractivity contribution in [3.63, 3.8) is 0 Å². The highest BCUT2D eigenvalue weighted by Gasteiger charge is 2.45. The molecule has 1 saturated heterocycles. The van der Waals surface area contributed by atoms with Crippen LogP contribution in [0.15, 0.2) is 0 Å². The molecule has 0 radical (unpaired) electrons. The third-order valence-electron chi connectivity index (χ3n) is 3.07. The number of carbonyl (C=O) groups excluding carboxylic acids is 2. The highest BCUT2D eigenvalue weighted by atomic mass is 16.6. The molecule has 84 valence electrons. The lowest BCUT2D eigenvalue weighted by molar-refractivity contribution is -0.163. The summed E-state index contributed by atoms with van der Waals surface area (Å²) in [5, 5.41) is 0. The van der Waals surface area contributed by atoms with E-state index in [0.29, 0.717) is 0 Å². The van der Waals surface area contributed by atoms with Crippen LogP contribution < -0.4 is 0 Å². The fourth-order valence-corrected chi connectivity index (χ4v) is 2.10. The minimum absolute atomic E-state index is 0.0454. The maximum Gasteiger partial charge on any atom is 0.309 e. The number of fused-ring (bicyclic) bond motifs is 2. The van der Waals surface area contributed by atoms with Crippen LogP contribution in [0, 0.1) is 11.8 Å². The largest absolute Gasteiger partial charge is 0.458 e. The van der Waals surface area contributed by atoms with Gasteiger partial charge in [0.15, 0.2) is 0 Å². The maximum atomic E-state index is 11.4. The van der Waals surface area contributed by atoms with E-state index in [4.69, 9.17) is 9.47 Å². The average Bonchev–Trinajstić information content (AvgIpc) is 2.48. The van der Waals surface area contributed by atoms with Crippen LogP contribution in [0.5, 0.6) is 0 Å². The van der Waals surface area contributed by atoms with E-state index in [1.165, 1.54) is 0 Å². The number of ether oxygens (including phenoxy) is 2. The molecule has 1 aliphatic carbocycles. The van der Waals surface area contributed by atoms with Gasteiger partial charge >= 0.3 is 11.9 Å². The third kappa shape index (κ3) is 1.98. The second-order valence-corrected chi connectivity index (χ2v) is 4.62. The molecule has 1 heterocycles. The first-order chi connectivity index (χ1) is 7.08. The lowest BCUT2D eigenvalue weighted by Gasteiger charge is -2.26. The summed E-state index contributed by atoms with van der Waals surface area (Å²) < 4.78 is 10.5. The average molecular weight is 212 g/mol. The summed E-state index contributed by atoms with van der Waals surface area (Å²) in [5.41, 5.74) is 0. The van der Waals surface area contributed by atoms with Crippen molar-refractivity contribution in [3.05, 3.63) is 0 Å². The van der Waals surface area contributed by atoms with Crippen LogP contribution in [-0.2, 0) is 19.1 Å². The predicted octanol–water partition coefficient (Wildman–Crippen LogP) is 1.28. The van der Waals surface area contributed by atoms with E-state index in [1.54, 1.807) is 13.8 Å². The molecule has 0 N–H and O–H groups in total. The summed E-state index contributed by atoms with van der Waals surface area (Å²) in [6.45, 7) is 3.60. The number of hydrogen-bond acceptors (Lipinski definition) is 4. The Balaban J connectivity index is 1.95. The Morgan fingerprint density at radius 3 is 2.87 bits per heavy atom. The topological polar surface area (TPSA) is 52.6 Å². The molecule has 4 heteroatoms. The first kappa shape index (κ1) is 10.5. The Morgan fingerprint density at radius 2 is 2.20 bits per heavy atom. The Morgan fingerprint density at radius 1 is 1.47 bits per heavy atom. The van der Waals surface area contributed by atoms with Crippen molar-refractivity contribution in [1.29, 1.82) is 0 Å². The van der Waals surface area contributed by atoms with Gasteiger partial charge < -0.3 is 9.47 Å². The van der Waals surface area contributed by atoms with Crippen molar-refractivity contribution in [2.45, 2.75) is 45.3 Å². The van der Waals surface area contributed by atoms with Gasteiger partial charge in [0.2, 0.25) is 0 Å². The fraction of sp³-hybridized carbons (Fsp3) is 0.818. The highest BCUT2D eigenvalue weighted by Crippen LogP contribution is 2.36. The first-order valence-electron chi connectivity index (χ1n) is 5.49. The van der Waals surface area contributed by atoms with Crippen molar-refractivity contribution in [3.8, 4) is 0 Å². The molecule has 3 atom stereocenters. The molecule has 0 spiro atoms. The third-order valence-corrected chi connectivity index (χ3v) is 3.07. The Kier molecular flexibility index (Phi) is 2.67. The minimum Gasteiger partial charge on any atom is -0.458 e. The molecule has 15 heavy (non-hydrogen) atoms. The highest BCUT2D eigenvalue weighted by molar-refractivity contribution is 5.75. The van der Waals surface area contributed by atoms with Gasteiger partial charge in [-0.25, -0.2) is 0 Å². The van der Waals surface area contributed by atoms with Gasteiger partial charge in [-0.05, 0) is 12.8 Å². The molecule has 0 aromatic carbocycles. The summed E-state index contributed by atoms with van der Waals surface area (Å²) in [6, 6.07) is 0. The van der Waals surface area contributed by atoms with E-state index in [1.807, 2.05) is 0 Å². The zero-order valence-corrected chi connectivity index (χ0v) is 9.06. The predicted molar refractivity (Wildman–Crippen MR) is 51.9 cm³/mol. The minimum atomic E-state index is -0.220. The Bertz CT molecular complexity index is 284. The monoisotopic (exact) mass is 212 g/mol. The molecule has 4 nitrogen and oxygen atoms in total. The van der Waals surface area contributed by atoms with Crippen LogP contribution in [0.3, 0.4) is 0 Å². The molecule has 0 aromatic rings. The van der Waals surface area contributed by atoms with Gasteiger partial charge in [0, 0.05) is 6.42 Å². The lowest BCUT2D eigenvalue weighted by Crippen LogP contribution is -2.34. The second kappa shape index (κ2) is 3.83. The van der Waals surface area contributed by atoms with Crippen molar-refractivity contribution in [1.82, 2.24) is 0 Å². The zero-order chi connectivity index (χ0) is 11.0. The summed E-state index contributed by atoms with van der Waals surface area (Å²) in [5.74, 6) is -0.409. The smallest absolute Gasteiger partial charge is 0.309 e. The molecule has 2 aliphatic rings. The van der Waals surface area contributed by atoms with Crippen LogP contribution in [-0.4, -0.2) is 24.1 Å². The van der Waals surface area contributed by atoms with E-state index in [9.17, 15) is 9.59 Å². The second-order valence-electron chi connectivity index (χ2n) is 4.62. The van der Waals surface area contributed by atoms with Gasteiger partial charge in [-0.2, -0.15) is 0 Å². The molecule has 1 aliphatic heterocycles. The maximum absolute atomic E-state index is 11.4. The molecule has 1 saturated carbocycles. The van der Waals surface area contributed by atoms with Crippen molar-refractivity contribution in [2.75, 3.05) is 0 Å². The number of esters is 2. The first-order valence-corrected chi connectivity index (χ1v) is 5.49. The molecule has 3 unspecified atom stereocenters. The van der Waals surface area contributed by atoms with Gasteiger partial charge in [0.05, 0.1) is 11.8 Å². The zero-order valence-electron chi connectivity index (χ0n) is 9.06. The molecule has 0 aromatic heterocycles. The summed E-state index contributed by atoms with van der Waals surface area (Å²) >= 11 is 0. The van der Waals surface area contributed by atoms with E-state index >= 15 is 0 Å². The normalized spacial score (nSPS) is 34.1. The Labute approximate surface area is 88.9 Å². The summed E-state index contributed by atoms with van der Waals surface area (Å²) in [4.78, 5) is 22.7. The van der Waals surface area contributed by atoms with Crippen LogP contribution in [0.1, 0.15) is 33.1 Å². The Hall–Kier alpha value is -1.06. The summed E-state index contributed by atoms with van der Waals surface area (Å²) in [7, 11) is 0. The lowest BCUT2D eigenvalue weighted by atomic mass is 9.88. The van der Waals surface area contributed by atoms with Gasteiger partial charge in [-0.1, -0.05) is 13.8 Å². The van der Waals surface area contributed by atoms with Crippen LogP contribution in [0.4, 0.5) is 0 Å². The van der Waals surface area contributed by atoms with E-state index < -0.39 is 0 Å². The number of hydrogen-bond donors (Lipinski definition) is 0. The van der Waals surface area contributed by atoms with Crippen molar-refractivity contribution in [2.24, 2.45) is 11.8 Å². The van der Waals surface area contributed by atoms with Gasteiger partial charge in [-0.15, -0.1) is 0 Å². The SMILES string of the molecule is CC(C)C(=O)OC1CCC2CC1OC2=O. The molecular formula is C11H16O4. The van der Waals surface area contributed by atoms with Gasteiger partial charge in [0.25, 0.3) is 0 Å². The van der Waals surface area contributed by atoms with E-state index in [0.717, 1.165) is 19.3 Å². The van der Waals surface area contributed by atoms with Crippen LogP contribution >= 0.6 is 0 Å². The van der Waals surface area contributed by atoms with Crippen molar-refractivity contribution >= 4 is 11.9 Å². The molecular weight excluding hydrogens is 196 g/mol. The summed E-state index contributed by atoms with van der Waals surface area (Å²) in [6.07, 6.45) is 1.83. The van der Waals surface area contributed by atoms with E-state index in [2.05, 4.69) is 0 Å². The van der Waals surface area contributed by atoms with E-state index in [-0.39, 0.29) is 36.0 Å². The molecule has 2 fully saturated rings. The number of rotatable bonds is 2. The van der Waals surface area contributed by atoms with Crippen molar-refractivity contribution < 1.29 is 19.1 Å². The quantitative estimate of drug-likeness (QED) is 0.647. The van der Waals surface area contributed by atoms with Crippen LogP contribution in [0.25, 0.3) is 0 Å². The van der Waals surface area contributed by atoms with Crippen LogP contribution in [0.2, 0.25) is 0 Å². The molecule has 2 rings (SSSR count). The van der Waals surface area contributed by atoms with Gasteiger partial charge in [0.1, 0.15) is 12.2 Å². The fourth-order valence-electron chi connectivity index (χ4n) is 2.10. The standard InChI is InChI=1S/C11H16O4/c1-6(2)10(12)14-8-4-3-7-5-9(8)15-11(7)13/h6-9H,3-5H2,1-2H3. The number of carbonyl (C=O) groups is 2.